The van der Waals surface area contributed by atoms with E-state index in [0.29, 0.717) is 28.5 Å². The van der Waals surface area contributed by atoms with Gasteiger partial charge in [-0.3, -0.25) is 14.2 Å². The summed E-state index contributed by atoms with van der Waals surface area (Å²) in [6, 6.07) is 6.04. The number of carbonyl (C=O) groups is 1. The Balaban J connectivity index is 1.68. The zero-order valence-electron chi connectivity index (χ0n) is 17.1. The number of fused-ring (bicyclic) bond motifs is 1. The van der Waals surface area contributed by atoms with Crippen LogP contribution in [-0.2, 0) is 16.6 Å². The molecule has 0 spiro atoms. The maximum atomic E-state index is 13.2. The number of carbonyl (C=O) groups excluding carboxylic acids is 1. The summed E-state index contributed by atoms with van der Waals surface area (Å²) in [4.78, 5) is 30.2. The van der Waals surface area contributed by atoms with Crippen molar-refractivity contribution in [2.24, 2.45) is 7.05 Å². The van der Waals surface area contributed by atoms with Crippen LogP contribution in [0.25, 0.3) is 21.3 Å². The van der Waals surface area contributed by atoms with E-state index in [-0.39, 0.29) is 29.1 Å². The van der Waals surface area contributed by atoms with Crippen LogP contribution in [0.5, 0.6) is 0 Å². The molecule has 9 heteroatoms. The topological polar surface area (TPSA) is 73.2 Å². The summed E-state index contributed by atoms with van der Waals surface area (Å²) in [6.45, 7) is 5.09. The van der Waals surface area contributed by atoms with Gasteiger partial charge in [-0.1, -0.05) is 23.9 Å². The molecule has 0 saturated heterocycles. The smallest absolute Gasteiger partial charge is 0.263 e. The molecule has 0 fully saturated rings. The van der Waals surface area contributed by atoms with Crippen LogP contribution in [0.4, 0.5) is 4.39 Å². The Morgan fingerprint density at radius 3 is 2.77 bits per heavy atom. The largest absolute Gasteiger partial charge is 0.379 e. The van der Waals surface area contributed by atoms with Gasteiger partial charge in [-0.2, -0.15) is 0 Å². The number of halogens is 1. The number of rotatable bonds is 9. The first-order valence-electron chi connectivity index (χ1n) is 9.62. The number of aromatic nitrogens is 2. The summed E-state index contributed by atoms with van der Waals surface area (Å²) in [6.07, 6.45) is 0.929. The van der Waals surface area contributed by atoms with Crippen molar-refractivity contribution in [3.63, 3.8) is 0 Å². The van der Waals surface area contributed by atoms with Crippen molar-refractivity contribution in [2.75, 3.05) is 18.9 Å². The average Bonchev–Trinajstić information content (AvgIpc) is 3.13. The second kappa shape index (κ2) is 10.2. The number of thioether (sulfide) groups is 1. The lowest BCUT2D eigenvalue weighted by atomic mass is 10.1. The summed E-state index contributed by atoms with van der Waals surface area (Å²) < 4.78 is 20.1. The van der Waals surface area contributed by atoms with Gasteiger partial charge in [-0.05, 0) is 38.0 Å². The highest BCUT2D eigenvalue weighted by molar-refractivity contribution is 7.99. The Hall–Kier alpha value is -2.23. The predicted octanol–water partition coefficient (Wildman–Crippen LogP) is 3.82. The fourth-order valence-corrected chi connectivity index (χ4v) is 4.61. The van der Waals surface area contributed by atoms with Crippen LogP contribution in [0.1, 0.15) is 20.3 Å². The second-order valence-corrected chi connectivity index (χ2v) is 8.81. The quantitative estimate of drug-likeness (QED) is 0.305. The van der Waals surface area contributed by atoms with Crippen LogP contribution >= 0.6 is 23.1 Å². The average molecular weight is 450 g/mol. The molecule has 0 bridgehead atoms. The molecule has 2 heterocycles. The van der Waals surface area contributed by atoms with E-state index in [1.165, 1.54) is 39.8 Å². The fourth-order valence-electron chi connectivity index (χ4n) is 2.82. The predicted molar refractivity (Wildman–Crippen MR) is 120 cm³/mol. The summed E-state index contributed by atoms with van der Waals surface area (Å²) in [5.74, 6) is -0.265. The van der Waals surface area contributed by atoms with Gasteiger partial charge in [0.15, 0.2) is 5.16 Å². The third-order valence-electron chi connectivity index (χ3n) is 4.36. The minimum absolute atomic E-state index is 0.114. The zero-order valence-corrected chi connectivity index (χ0v) is 18.7. The Labute approximate surface area is 182 Å². The Morgan fingerprint density at radius 2 is 2.07 bits per heavy atom. The molecule has 6 nitrogen and oxygen atoms in total. The molecular weight excluding hydrogens is 425 g/mol. The van der Waals surface area contributed by atoms with E-state index < -0.39 is 0 Å². The lowest BCUT2D eigenvalue weighted by Gasteiger charge is -2.09. The van der Waals surface area contributed by atoms with Crippen molar-refractivity contribution in [3.05, 3.63) is 45.8 Å². The Morgan fingerprint density at radius 1 is 1.33 bits per heavy atom. The molecule has 3 rings (SSSR count). The third-order valence-corrected chi connectivity index (χ3v) is 6.26. The lowest BCUT2D eigenvalue weighted by Crippen LogP contribution is -2.28. The first-order valence-corrected chi connectivity index (χ1v) is 11.5. The molecule has 160 valence electrons. The molecule has 0 saturated carbocycles. The molecule has 0 radical (unpaired) electrons. The van der Waals surface area contributed by atoms with Gasteiger partial charge in [0.2, 0.25) is 5.91 Å². The van der Waals surface area contributed by atoms with Crippen molar-refractivity contribution in [2.45, 2.75) is 31.5 Å². The fraction of sp³-hybridized carbons (Fsp3) is 0.381. The highest BCUT2D eigenvalue weighted by Gasteiger charge is 2.16. The standard InChI is InChI=1S/C21H24FN3O3S2/c1-13(2)28-10-4-9-23-17(26)12-30-21-24-19-18(20(27)25(21)3)16(11-29-19)14-5-7-15(22)8-6-14/h5-8,11,13H,4,9-10,12H2,1-3H3,(H,23,26). The van der Waals surface area contributed by atoms with E-state index >= 15 is 0 Å². The first kappa shape index (κ1) is 22.5. The molecule has 30 heavy (non-hydrogen) atoms. The molecule has 2 aromatic heterocycles. The van der Waals surface area contributed by atoms with E-state index in [0.717, 1.165) is 17.5 Å². The lowest BCUT2D eigenvalue weighted by molar-refractivity contribution is -0.118. The van der Waals surface area contributed by atoms with E-state index in [9.17, 15) is 14.0 Å². The second-order valence-electron chi connectivity index (χ2n) is 7.01. The molecule has 3 aromatic rings. The van der Waals surface area contributed by atoms with Gasteiger partial charge < -0.3 is 10.1 Å². The number of hydrogen-bond donors (Lipinski definition) is 1. The highest BCUT2D eigenvalue weighted by atomic mass is 32.2. The van der Waals surface area contributed by atoms with Crippen molar-refractivity contribution in [1.29, 1.82) is 0 Å². The minimum atomic E-state index is -0.325. The molecule has 0 aliphatic rings. The van der Waals surface area contributed by atoms with Crippen molar-refractivity contribution >= 4 is 39.2 Å². The Bertz CT molecular complexity index is 1080. The molecule has 1 N–H and O–H groups in total. The summed E-state index contributed by atoms with van der Waals surface area (Å²) in [5.41, 5.74) is 1.32. The summed E-state index contributed by atoms with van der Waals surface area (Å²) in [5, 5.41) is 5.69. The number of ether oxygens (including phenoxy) is 1. The summed E-state index contributed by atoms with van der Waals surface area (Å²) >= 11 is 2.59. The number of hydrogen-bond acceptors (Lipinski definition) is 6. The molecule has 0 unspecified atom stereocenters. The SMILES string of the molecule is CC(C)OCCCNC(=O)CSc1nc2scc(-c3ccc(F)cc3)c2c(=O)n1C. The highest BCUT2D eigenvalue weighted by Crippen LogP contribution is 2.32. The number of nitrogens with one attached hydrogen (secondary N) is 1. The van der Waals surface area contributed by atoms with Gasteiger partial charge in [-0.25, -0.2) is 9.37 Å². The van der Waals surface area contributed by atoms with E-state index in [1.54, 1.807) is 19.2 Å². The molecule has 1 aromatic carbocycles. The molecule has 1 amide bonds. The maximum absolute atomic E-state index is 13.2. The monoisotopic (exact) mass is 449 g/mol. The zero-order chi connectivity index (χ0) is 21.7. The molecular formula is C21H24FN3O3S2. The van der Waals surface area contributed by atoms with Crippen LogP contribution in [0.15, 0.2) is 39.6 Å². The van der Waals surface area contributed by atoms with Crippen LogP contribution in [-0.4, -0.2) is 40.5 Å². The summed E-state index contributed by atoms with van der Waals surface area (Å²) in [7, 11) is 1.64. The number of thiophene rings is 1. The maximum Gasteiger partial charge on any atom is 0.263 e. The van der Waals surface area contributed by atoms with E-state index in [4.69, 9.17) is 4.74 Å². The van der Waals surface area contributed by atoms with Gasteiger partial charge in [0.05, 0.1) is 17.2 Å². The number of amides is 1. The third kappa shape index (κ3) is 5.47. The van der Waals surface area contributed by atoms with Gasteiger partial charge in [-0.15, -0.1) is 11.3 Å². The van der Waals surface area contributed by atoms with Crippen LogP contribution < -0.4 is 10.9 Å². The van der Waals surface area contributed by atoms with Gasteiger partial charge in [0.25, 0.3) is 5.56 Å². The molecule has 0 aliphatic heterocycles. The van der Waals surface area contributed by atoms with Crippen LogP contribution in [0, 0.1) is 5.82 Å². The van der Waals surface area contributed by atoms with Crippen molar-refractivity contribution in [1.82, 2.24) is 14.9 Å². The Kier molecular flexibility index (Phi) is 7.63. The van der Waals surface area contributed by atoms with Gasteiger partial charge in [0.1, 0.15) is 10.6 Å². The van der Waals surface area contributed by atoms with E-state index in [1.807, 2.05) is 19.2 Å². The van der Waals surface area contributed by atoms with Crippen molar-refractivity contribution < 1.29 is 13.9 Å². The number of nitrogens with zero attached hydrogens (tertiary/aromatic N) is 2. The van der Waals surface area contributed by atoms with E-state index in [2.05, 4.69) is 10.3 Å². The molecule has 0 atom stereocenters. The van der Waals surface area contributed by atoms with Crippen molar-refractivity contribution in [3.8, 4) is 11.1 Å². The van der Waals surface area contributed by atoms with Gasteiger partial charge in [0, 0.05) is 31.1 Å². The van der Waals surface area contributed by atoms with Gasteiger partial charge >= 0.3 is 0 Å². The minimum Gasteiger partial charge on any atom is -0.379 e. The molecule has 0 aliphatic carbocycles. The first-order chi connectivity index (χ1) is 14.4. The number of benzene rings is 1. The van der Waals surface area contributed by atoms with Crippen LogP contribution in [0.3, 0.4) is 0 Å². The van der Waals surface area contributed by atoms with Crippen LogP contribution in [0.2, 0.25) is 0 Å². The normalized spacial score (nSPS) is 11.4.